The molecule has 8 heteroatoms. The highest BCUT2D eigenvalue weighted by atomic mass is 16.7. The summed E-state index contributed by atoms with van der Waals surface area (Å²) in [5.41, 5.74) is 8.86. The molecule has 0 bridgehead atoms. The summed E-state index contributed by atoms with van der Waals surface area (Å²) in [5, 5.41) is 41.9. The van der Waals surface area contributed by atoms with E-state index in [0.29, 0.717) is 30.5 Å². The number of hydrogen-bond donors (Lipinski definition) is 5. The molecule has 7 rings (SSSR count). The average Bonchev–Trinajstić information content (AvgIpc) is 3.51. The first kappa shape index (κ1) is 29.8. The van der Waals surface area contributed by atoms with E-state index in [1.807, 2.05) is 54.6 Å². The number of hydrogen-bond acceptors (Lipinski definition) is 8. The number of rotatable bonds is 6. The predicted octanol–water partition coefficient (Wildman–Crippen LogP) is 3.75. The SMILES string of the molecule is C[C@]12C=CC(O)C=C1CC[C@@H]1[C@@H]2[C@@H](O)C[C@@]2(C)[C@H]1C[C@H]1O[C@@H](c3ccc(Cc4ccc(N)c(CO)c4)cc3)O[C@]12C(=O)CO. The monoisotopic (exact) mass is 601 g/mol. The summed E-state index contributed by atoms with van der Waals surface area (Å²) in [7, 11) is 0. The van der Waals surface area contributed by atoms with Gasteiger partial charge in [0.15, 0.2) is 17.7 Å². The summed E-state index contributed by atoms with van der Waals surface area (Å²) in [4.78, 5) is 13.8. The number of ketones is 1. The van der Waals surface area contributed by atoms with Crippen LogP contribution in [0, 0.1) is 28.6 Å². The summed E-state index contributed by atoms with van der Waals surface area (Å²) in [6.07, 6.45) is 6.59. The van der Waals surface area contributed by atoms with Gasteiger partial charge in [0.25, 0.3) is 0 Å². The smallest absolute Gasteiger partial charge is 0.193 e. The Bertz CT molecular complexity index is 1520. The predicted molar refractivity (Wildman–Crippen MR) is 164 cm³/mol. The molecular weight excluding hydrogens is 558 g/mol. The molecule has 10 atom stereocenters. The van der Waals surface area contributed by atoms with Crippen LogP contribution in [-0.4, -0.2) is 56.7 Å². The van der Waals surface area contributed by atoms with Crippen LogP contribution in [0.3, 0.4) is 0 Å². The first-order valence-corrected chi connectivity index (χ1v) is 15.8. The van der Waals surface area contributed by atoms with Crippen LogP contribution in [0.4, 0.5) is 5.69 Å². The second-order valence-electron chi connectivity index (χ2n) is 14.1. The van der Waals surface area contributed by atoms with Crippen molar-refractivity contribution >= 4 is 11.5 Å². The first-order chi connectivity index (χ1) is 21.0. The zero-order chi connectivity index (χ0) is 31.0. The lowest BCUT2D eigenvalue weighted by Gasteiger charge is -2.60. The minimum absolute atomic E-state index is 0.0396. The molecule has 234 valence electrons. The summed E-state index contributed by atoms with van der Waals surface area (Å²) in [6, 6.07) is 13.6. The largest absolute Gasteiger partial charge is 0.398 e. The fourth-order valence-electron chi connectivity index (χ4n) is 9.89. The number of fused-ring (bicyclic) bond motifs is 7. The van der Waals surface area contributed by atoms with Crippen molar-refractivity contribution in [3.63, 3.8) is 0 Å². The van der Waals surface area contributed by atoms with Crippen LogP contribution < -0.4 is 5.73 Å². The number of benzene rings is 2. The highest BCUT2D eigenvalue weighted by Gasteiger charge is 2.75. The van der Waals surface area contributed by atoms with Gasteiger partial charge in [-0.05, 0) is 61.1 Å². The zero-order valence-electron chi connectivity index (χ0n) is 25.4. The number of carbonyl (C=O) groups is 1. The number of ether oxygens (including phenoxy) is 2. The van der Waals surface area contributed by atoms with Crippen molar-refractivity contribution in [2.24, 2.45) is 28.6 Å². The number of Topliss-reactive ketones (excluding diaryl/α,β-unsaturated/α-hetero) is 1. The molecule has 1 unspecified atom stereocenters. The van der Waals surface area contributed by atoms with Gasteiger partial charge in [0.2, 0.25) is 0 Å². The number of aliphatic hydroxyl groups excluding tert-OH is 4. The van der Waals surface area contributed by atoms with E-state index in [0.717, 1.165) is 29.5 Å². The molecule has 6 N–H and O–H groups in total. The van der Waals surface area contributed by atoms with E-state index in [2.05, 4.69) is 19.9 Å². The molecule has 0 aromatic heterocycles. The van der Waals surface area contributed by atoms with E-state index in [9.17, 15) is 25.2 Å². The van der Waals surface area contributed by atoms with Crippen molar-refractivity contribution in [1.29, 1.82) is 0 Å². The summed E-state index contributed by atoms with van der Waals surface area (Å²) >= 11 is 0. The lowest BCUT2D eigenvalue weighted by atomic mass is 9.46. The highest BCUT2D eigenvalue weighted by Crippen LogP contribution is 2.70. The van der Waals surface area contributed by atoms with Gasteiger partial charge in [0, 0.05) is 33.6 Å². The van der Waals surface area contributed by atoms with Crippen LogP contribution in [0.2, 0.25) is 0 Å². The van der Waals surface area contributed by atoms with E-state index in [1.165, 1.54) is 5.57 Å². The molecule has 1 saturated heterocycles. The molecule has 44 heavy (non-hydrogen) atoms. The van der Waals surface area contributed by atoms with Crippen LogP contribution in [0.5, 0.6) is 0 Å². The number of nitrogens with two attached hydrogens (primary N) is 1. The molecule has 1 heterocycles. The minimum Gasteiger partial charge on any atom is -0.398 e. The normalized spacial score (nSPS) is 40.5. The Morgan fingerprint density at radius 2 is 1.82 bits per heavy atom. The van der Waals surface area contributed by atoms with Crippen molar-refractivity contribution in [3.8, 4) is 0 Å². The van der Waals surface area contributed by atoms with E-state index in [1.54, 1.807) is 0 Å². The minimum atomic E-state index is -1.36. The van der Waals surface area contributed by atoms with Crippen molar-refractivity contribution in [3.05, 3.63) is 88.5 Å². The van der Waals surface area contributed by atoms with Gasteiger partial charge in [-0.1, -0.05) is 74.0 Å². The molecule has 5 aliphatic rings. The number of carbonyl (C=O) groups excluding carboxylic acids is 1. The molecule has 0 spiro atoms. The van der Waals surface area contributed by atoms with Gasteiger partial charge in [-0.3, -0.25) is 4.79 Å². The topological polar surface area (TPSA) is 142 Å². The molecular formula is C36H43NO7. The maximum absolute atomic E-state index is 13.8. The number of nitrogen functional groups attached to an aromatic ring is 1. The van der Waals surface area contributed by atoms with Gasteiger partial charge in [0.05, 0.1) is 24.9 Å². The van der Waals surface area contributed by atoms with E-state index >= 15 is 0 Å². The van der Waals surface area contributed by atoms with E-state index < -0.39 is 42.2 Å². The number of anilines is 1. The summed E-state index contributed by atoms with van der Waals surface area (Å²) < 4.78 is 13.3. The standard InChI is InChI=1S/C36H43NO7/c1-34-12-11-25(40)15-24(34)8-9-26-27-16-31-36(30(42)19-39,35(27,2)17-29(41)32(26)34)44-33(43-31)22-6-3-20(4-7-22)13-21-5-10-28(37)23(14-21)18-38/h3-7,10-12,14-15,25-27,29,31-33,38-41H,8-9,13,16-19,37H2,1-2H3/t25?,26-,27-,29-,31+,32+,33+,34-,35-,36+/m0/s1. The fourth-order valence-corrected chi connectivity index (χ4v) is 9.89. The maximum atomic E-state index is 13.8. The van der Waals surface area contributed by atoms with Crippen LogP contribution in [0.1, 0.15) is 68.1 Å². The van der Waals surface area contributed by atoms with E-state index in [4.69, 9.17) is 15.2 Å². The number of allylic oxidation sites excluding steroid dienone is 2. The Kier molecular flexibility index (Phi) is 7.20. The van der Waals surface area contributed by atoms with Crippen LogP contribution in [0.15, 0.2) is 66.3 Å². The van der Waals surface area contributed by atoms with Gasteiger partial charge in [-0.15, -0.1) is 0 Å². The maximum Gasteiger partial charge on any atom is 0.193 e. The number of aliphatic hydroxyl groups is 4. The van der Waals surface area contributed by atoms with Gasteiger partial charge in [-0.2, -0.15) is 0 Å². The van der Waals surface area contributed by atoms with Crippen LogP contribution >= 0.6 is 0 Å². The molecule has 2 aromatic carbocycles. The Labute approximate surface area is 258 Å². The molecule has 4 aliphatic carbocycles. The zero-order valence-corrected chi connectivity index (χ0v) is 25.4. The average molecular weight is 602 g/mol. The van der Waals surface area contributed by atoms with Crippen LogP contribution in [0.25, 0.3) is 0 Å². The Balaban J connectivity index is 1.16. The molecule has 2 aromatic rings. The second kappa shape index (κ2) is 10.6. The highest BCUT2D eigenvalue weighted by molar-refractivity contribution is 5.91. The Morgan fingerprint density at radius 3 is 2.55 bits per heavy atom. The molecule has 3 saturated carbocycles. The molecule has 0 radical (unpaired) electrons. The lowest BCUT2D eigenvalue weighted by molar-refractivity contribution is -0.201. The third-order valence-corrected chi connectivity index (χ3v) is 11.9. The first-order valence-electron chi connectivity index (χ1n) is 15.8. The van der Waals surface area contributed by atoms with E-state index in [-0.39, 0.29) is 35.6 Å². The van der Waals surface area contributed by atoms with Gasteiger partial charge in [-0.25, -0.2) is 0 Å². The lowest BCUT2D eigenvalue weighted by Crippen LogP contribution is -2.63. The quantitative estimate of drug-likeness (QED) is 0.249. The third kappa shape index (κ3) is 4.22. The molecule has 0 amide bonds. The van der Waals surface area contributed by atoms with Gasteiger partial charge >= 0.3 is 0 Å². The van der Waals surface area contributed by atoms with Gasteiger partial charge in [0.1, 0.15) is 6.61 Å². The van der Waals surface area contributed by atoms with Crippen molar-refractivity contribution in [2.75, 3.05) is 12.3 Å². The second-order valence-corrected chi connectivity index (χ2v) is 14.1. The van der Waals surface area contributed by atoms with Crippen LogP contribution in [-0.2, 0) is 27.3 Å². The molecule has 1 aliphatic heterocycles. The molecule has 4 fully saturated rings. The fraction of sp³-hybridized carbons (Fsp3) is 0.528. The van der Waals surface area contributed by atoms with Crippen molar-refractivity contribution in [2.45, 2.75) is 82.8 Å². The Hall–Kier alpha value is -2.85. The Morgan fingerprint density at radius 1 is 1.07 bits per heavy atom. The summed E-state index contributed by atoms with van der Waals surface area (Å²) in [5.74, 6) is -0.211. The van der Waals surface area contributed by atoms with Gasteiger partial charge < -0.3 is 35.6 Å². The van der Waals surface area contributed by atoms with Crippen molar-refractivity contribution in [1.82, 2.24) is 0 Å². The summed E-state index contributed by atoms with van der Waals surface area (Å²) in [6.45, 7) is 3.46. The van der Waals surface area contributed by atoms with Crippen molar-refractivity contribution < 1.29 is 34.7 Å². The third-order valence-electron chi connectivity index (χ3n) is 11.9. The molecule has 8 nitrogen and oxygen atoms in total.